The number of aromatic amines is 1. The van der Waals surface area contributed by atoms with E-state index >= 15 is 0 Å². The lowest BCUT2D eigenvalue weighted by Gasteiger charge is -1.69. The largest absolute Gasteiger partial charge is 0.286 e. The molecule has 0 bridgehead atoms. The molecule has 0 aliphatic rings. The molecule has 5 nitrogen and oxygen atoms in total. The van der Waals surface area contributed by atoms with Gasteiger partial charge in [-0.15, -0.1) is 0 Å². The van der Waals surface area contributed by atoms with Gasteiger partial charge in [-0.25, -0.2) is 0 Å². The summed E-state index contributed by atoms with van der Waals surface area (Å²) in [5, 5.41) is 6.52. The summed E-state index contributed by atoms with van der Waals surface area (Å²) < 4.78 is 25.9. The fraction of sp³-hybridized carbons (Fsp3) is 0.125. The Bertz CT molecular complexity index is 302. The van der Waals surface area contributed by atoms with Gasteiger partial charge < -0.3 is 0 Å². The molecule has 6 heteroatoms. The number of hydrogen-bond donors (Lipinski definition) is 2. The molecule has 0 saturated carbocycles. The molecule has 0 aliphatic heterocycles. The lowest BCUT2D eigenvalue weighted by Crippen LogP contribution is -1.88. The van der Waals surface area contributed by atoms with Crippen molar-refractivity contribution in [1.29, 1.82) is 0 Å². The van der Waals surface area contributed by atoms with Crippen molar-refractivity contribution in [2.75, 3.05) is 6.26 Å². The second-order valence-corrected chi connectivity index (χ2v) is 3.74. The zero-order chi connectivity index (χ0) is 10.9. The van der Waals surface area contributed by atoms with Crippen LogP contribution in [0.5, 0.6) is 0 Å². The third kappa shape index (κ3) is 16.9. The van der Waals surface area contributed by atoms with Gasteiger partial charge in [0.2, 0.25) is 0 Å². The van der Waals surface area contributed by atoms with Crippen LogP contribution in [0.15, 0.2) is 42.7 Å². The standard InChI is InChI=1S/C7H8N2.CH4O3S/c1-2-4-6-8-9-7-5-3-1;1-5(2,3)4/h1-8H;1H3,(H,2,3,4). The first kappa shape index (κ1) is 12.6. The zero-order valence-electron chi connectivity index (χ0n) is 7.66. The van der Waals surface area contributed by atoms with Crippen LogP contribution in [-0.4, -0.2) is 29.4 Å². The topological polar surface area (TPSA) is 83.1 Å². The van der Waals surface area contributed by atoms with Gasteiger partial charge in [-0.2, -0.15) is 13.5 Å². The van der Waals surface area contributed by atoms with E-state index in [1.54, 1.807) is 12.4 Å². The van der Waals surface area contributed by atoms with Gasteiger partial charge in [0, 0.05) is 12.4 Å². The molecule has 0 saturated heterocycles. The quantitative estimate of drug-likeness (QED) is 0.635. The molecule has 1 heterocycles. The molecule has 1 aromatic rings. The third-order valence-corrected chi connectivity index (χ3v) is 0.850. The highest BCUT2D eigenvalue weighted by Gasteiger charge is 1.81. The Morgan fingerprint density at radius 1 is 1.14 bits per heavy atom. The van der Waals surface area contributed by atoms with E-state index in [1.165, 1.54) is 0 Å². The first-order chi connectivity index (χ1) is 6.50. The van der Waals surface area contributed by atoms with Crippen LogP contribution < -0.4 is 0 Å². The van der Waals surface area contributed by atoms with Crippen molar-refractivity contribution < 1.29 is 13.0 Å². The van der Waals surface area contributed by atoms with Crippen molar-refractivity contribution in [2.24, 2.45) is 0 Å². The summed E-state index contributed by atoms with van der Waals surface area (Å²) >= 11 is 0. The Morgan fingerprint density at radius 2 is 1.64 bits per heavy atom. The van der Waals surface area contributed by atoms with Gasteiger partial charge in [0.15, 0.2) is 0 Å². The molecular formula is C8H12N2O3S. The SMILES string of the molecule is CS(=O)(=O)O.c1cccn[nH]ccc1. The molecule has 1 aromatic heterocycles. The van der Waals surface area contributed by atoms with Crippen molar-refractivity contribution in [1.82, 2.24) is 10.2 Å². The van der Waals surface area contributed by atoms with Crippen LogP contribution in [0.3, 0.4) is 0 Å². The molecule has 0 unspecified atom stereocenters. The van der Waals surface area contributed by atoms with Gasteiger partial charge in [0.05, 0.1) is 6.26 Å². The van der Waals surface area contributed by atoms with Crippen LogP contribution in [0.1, 0.15) is 0 Å². The fourth-order valence-electron chi connectivity index (χ4n) is 0.470. The van der Waals surface area contributed by atoms with Crippen LogP contribution in [0, 0.1) is 0 Å². The number of nitrogens with one attached hydrogen (secondary N) is 1. The number of hydrogen-bond acceptors (Lipinski definition) is 3. The molecule has 0 radical (unpaired) electrons. The van der Waals surface area contributed by atoms with Gasteiger partial charge in [0.1, 0.15) is 0 Å². The minimum atomic E-state index is -3.67. The molecule has 0 fully saturated rings. The molecule has 0 amide bonds. The van der Waals surface area contributed by atoms with Crippen molar-refractivity contribution >= 4 is 10.1 Å². The van der Waals surface area contributed by atoms with Gasteiger partial charge in [-0.05, 0) is 12.1 Å². The summed E-state index contributed by atoms with van der Waals surface area (Å²) in [7, 11) is -3.67. The second kappa shape index (κ2) is 7.05. The molecule has 1 rings (SSSR count). The van der Waals surface area contributed by atoms with Gasteiger partial charge in [0.25, 0.3) is 10.1 Å². The zero-order valence-corrected chi connectivity index (χ0v) is 8.48. The number of H-pyrrole nitrogens is 1. The average Bonchev–Trinajstić information content (AvgIpc) is 2.14. The van der Waals surface area contributed by atoms with E-state index < -0.39 is 10.1 Å². The lowest BCUT2D eigenvalue weighted by atomic mass is 10.5. The van der Waals surface area contributed by atoms with Crippen LogP contribution in [0.4, 0.5) is 0 Å². The molecule has 0 aromatic carbocycles. The summed E-state index contributed by atoms with van der Waals surface area (Å²) in [5.74, 6) is 0. The Labute approximate surface area is 82.9 Å². The minimum absolute atomic E-state index is 0.715. The molecule has 0 aliphatic carbocycles. The van der Waals surface area contributed by atoms with E-state index in [9.17, 15) is 8.42 Å². The fourth-order valence-corrected chi connectivity index (χ4v) is 0.470. The normalized spacial score (nSPS) is 9.29. The predicted octanol–water partition coefficient (Wildman–Crippen LogP) is 1.04. The summed E-state index contributed by atoms with van der Waals surface area (Å²) in [6.45, 7) is 0. The highest BCUT2D eigenvalue weighted by atomic mass is 32.2. The van der Waals surface area contributed by atoms with Crippen molar-refractivity contribution in [2.45, 2.75) is 0 Å². The molecule has 0 spiro atoms. The molecule has 2 N–H and O–H groups in total. The maximum Gasteiger partial charge on any atom is 0.261 e. The van der Waals surface area contributed by atoms with E-state index in [-0.39, 0.29) is 0 Å². The third-order valence-electron chi connectivity index (χ3n) is 0.850. The Morgan fingerprint density at radius 3 is 2.29 bits per heavy atom. The van der Waals surface area contributed by atoms with E-state index in [2.05, 4.69) is 10.2 Å². The van der Waals surface area contributed by atoms with Crippen LogP contribution in [-0.2, 0) is 10.1 Å². The second-order valence-electron chi connectivity index (χ2n) is 2.27. The predicted molar refractivity (Wildman–Crippen MR) is 53.7 cm³/mol. The van der Waals surface area contributed by atoms with E-state index in [1.807, 2.05) is 30.3 Å². The Kier molecular flexibility index (Phi) is 6.34. The van der Waals surface area contributed by atoms with Crippen molar-refractivity contribution in [3.8, 4) is 0 Å². The lowest BCUT2D eigenvalue weighted by molar-refractivity contribution is 0.490. The van der Waals surface area contributed by atoms with Crippen LogP contribution in [0.25, 0.3) is 0 Å². The first-order valence-corrected chi connectivity index (χ1v) is 5.54. The maximum absolute atomic E-state index is 9.19. The van der Waals surface area contributed by atoms with E-state index in [4.69, 9.17) is 4.55 Å². The minimum Gasteiger partial charge on any atom is -0.286 e. The van der Waals surface area contributed by atoms with E-state index in [0.717, 1.165) is 0 Å². The molecule has 14 heavy (non-hydrogen) atoms. The summed E-state index contributed by atoms with van der Waals surface area (Å²) in [4.78, 5) is 0. The maximum atomic E-state index is 9.19. The highest BCUT2D eigenvalue weighted by Crippen LogP contribution is 1.73. The molecule has 0 atom stereocenters. The summed E-state index contributed by atoms with van der Waals surface area (Å²) in [6, 6.07) is 9.53. The van der Waals surface area contributed by atoms with Gasteiger partial charge >= 0.3 is 0 Å². The number of nitrogens with zero attached hydrogens (tertiary/aromatic N) is 1. The van der Waals surface area contributed by atoms with Crippen molar-refractivity contribution in [3.63, 3.8) is 0 Å². The number of rotatable bonds is 0. The Balaban J connectivity index is 0.000000292. The smallest absolute Gasteiger partial charge is 0.261 e. The Hall–Kier alpha value is -1.40. The highest BCUT2D eigenvalue weighted by molar-refractivity contribution is 7.85. The molecule has 78 valence electrons. The van der Waals surface area contributed by atoms with Gasteiger partial charge in [-0.3, -0.25) is 9.65 Å². The number of aromatic nitrogens is 2. The van der Waals surface area contributed by atoms with Crippen LogP contribution >= 0.6 is 0 Å². The first-order valence-electron chi connectivity index (χ1n) is 3.69. The summed E-state index contributed by atoms with van der Waals surface area (Å²) in [6.07, 6.45) is 4.17. The van der Waals surface area contributed by atoms with Crippen LogP contribution in [0.2, 0.25) is 0 Å². The summed E-state index contributed by atoms with van der Waals surface area (Å²) in [5.41, 5.74) is 0. The monoisotopic (exact) mass is 216 g/mol. The van der Waals surface area contributed by atoms with E-state index in [0.29, 0.717) is 6.26 Å². The average molecular weight is 216 g/mol. The van der Waals surface area contributed by atoms with Gasteiger partial charge in [-0.1, -0.05) is 18.2 Å². The molecular weight excluding hydrogens is 204 g/mol. The van der Waals surface area contributed by atoms with Crippen molar-refractivity contribution in [3.05, 3.63) is 42.7 Å².